The third-order valence-electron chi connectivity index (χ3n) is 3.41. The molecule has 108 valence electrons. The van der Waals surface area contributed by atoms with E-state index in [0.717, 1.165) is 12.1 Å². The number of carbonyl (C=O) groups is 2. The van der Waals surface area contributed by atoms with E-state index in [1.165, 1.54) is 0 Å². The molecule has 0 radical (unpaired) electrons. The van der Waals surface area contributed by atoms with Gasteiger partial charge in [0.25, 0.3) is 0 Å². The van der Waals surface area contributed by atoms with Gasteiger partial charge in [-0.3, -0.25) is 9.59 Å². The predicted molar refractivity (Wildman–Crippen MR) is 77.0 cm³/mol. The molecular weight excluding hydrogens is 254 g/mol. The van der Waals surface area contributed by atoms with E-state index in [4.69, 9.17) is 0 Å². The SMILES string of the molecule is CN(C)CC(NC(=O)C1CNC(=O)C1)c1ccccc1. The van der Waals surface area contributed by atoms with Crippen LogP contribution in [0.3, 0.4) is 0 Å². The monoisotopic (exact) mass is 275 g/mol. The van der Waals surface area contributed by atoms with Crippen molar-refractivity contribution in [2.75, 3.05) is 27.2 Å². The van der Waals surface area contributed by atoms with Crippen molar-refractivity contribution in [1.29, 1.82) is 0 Å². The standard InChI is InChI=1S/C15H21N3O2/c1-18(2)10-13(11-6-4-3-5-7-11)17-15(20)12-8-14(19)16-9-12/h3-7,12-13H,8-10H2,1-2H3,(H,16,19)(H,17,20). The topological polar surface area (TPSA) is 61.4 Å². The summed E-state index contributed by atoms with van der Waals surface area (Å²) in [6.07, 6.45) is 0.287. The molecule has 5 heteroatoms. The summed E-state index contributed by atoms with van der Waals surface area (Å²) in [6.45, 7) is 1.16. The lowest BCUT2D eigenvalue weighted by Gasteiger charge is -2.24. The normalized spacial score (nSPS) is 19.8. The van der Waals surface area contributed by atoms with Crippen LogP contribution in [0.25, 0.3) is 0 Å². The van der Waals surface area contributed by atoms with E-state index in [-0.39, 0.29) is 30.2 Å². The van der Waals surface area contributed by atoms with Gasteiger partial charge in [-0.25, -0.2) is 0 Å². The van der Waals surface area contributed by atoms with Gasteiger partial charge in [-0.1, -0.05) is 30.3 Å². The van der Waals surface area contributed by atoms with Gasteiger partial charge in [0.1, 0.15) is 0 Å². The Morgan fingerprint density at radius 2 is 2.10 bits per heavy atom. The molecule has 0 aromatic heterocycles. The Kier molecular flexibility index (Phi) is 4.74. The van der Waals surface area contributed by atoms with E-state index in [1.54, 1.807) is 0 Å². The molecule has 0 saturated carbocycles. The van der Waals surface area contributed by atoms with Crippen LogP contribution >= 0.6 is 0 Å². The molecule has 1 fully saturated rings. The van der Waals surface area contributed by atoms with E-state index in [0.29, 0.717) is 6.54 Å². The lowest BCUT2D eigenvalue weighted by atomic mass is 10.0. The molecule has 2 unspecified atom stereocenters. The van der Waals surface area contributed by atoms with Gasteiger partial charge in [0.2, 0.25) is 11.8 Å². The highest BCUT2D eigenvalue weighted by Gasteiger charge is 2.29. The lowest BCUT2D eigenvalue weighted by molar-refractivity contribution is -0.127. The molecule has 0 bridgehead atoms. The van der Waals surface area contributed by atoms with Crippen molar-refractivity contribution in [1.82, 2.24) is 15.5 Å². The van der Waals surface area contributed by atoms with Crippen molar-refractivity contribution in [3.63, 3.8) is 0 Å². The number of likely N-dealkylation sites (N-methyl/N-ethyl adjacent to an activating group) is 1. The van der Waals surface area contributed by atoms with Crippen molar-refractivity contribution in [3.05, 3.63) is 35.9 Å². The van der Waals surface area contributed by atoms with Crippen molar-refractivity contribution in [2.45, 2.75) is 12.5 Å². The number of hydrogen-bond donors (Lipinski definition) is 2. The minimum absolute atomic E-state index is 0.0472. The quantitative estimate of drug-likeness (QED) is 0.824. The molecule has 1 aliphatic heterocycles. The highest BCUT2D eigenvalue weighted by Crippen LogP contribution is 2.16. The Morgan fingerprint density at radius 3 is 2.65 bits per heavy atom. The lowest BCUT2D eigenvalue weighted by Crippen LogP contribution is -2.39. The fourth-order valence-corrected chi connectivity index (χ4v) is 2.37. The molecule has 0 spiro atoms. The smallest absolute Gasteiger partial charge is 0.225 e. The average Bonchev–Trinajstić information content (AvgIpc) is 2.85. The zero-order valence-corrected chi connectivity index (χ0v) is 11.9. The van der Waals surface area contributed by atoms with Gasteiger partial charge in [0.05, 0.1) is 12.0 Å². The van der Waals surface area contributed by atoms with Crippen LogP contribution in [0.15, 0.2) is 30.3 Å². The highest BCUT2D eigenvalue weighted by atomic mass is 16.2. The Morgan fingerprint density at radius 1 is 1.40 bits per heavy atom. The molecular formula is C15H21N3O2. The molecule has 2 atom stereocenters. The third kappa shape index (κ3) is 3.81. The van der Waals surface area contributed by atoms with Crippen LogP contribution < -0.4 is 10.6 Å². The first-order chi connectivity index (χ1) is 9.56. The van der Waals surface area contributed by atoms with Crippen molar-refractivity contribution >= 4 is 11.8 Å². The van der Waals surface area contributed by atoms with E-state index in [1.807, 2.05) is 49.3 Å². The fraction of sp³-hybridized carbons (Fsp3) is 0.467. The van der Waals surface area contributed by atoms with Crippen molar-refractivity contribution in [2.24, 2.45) is 5.92 Å². The van der Waals surface area contributed by atoms with E-state index in [2.05, 4.69) is 10.6 Å². The number of benzene rings is 1. The second-order valence-electron chi connectivity index (χ2n) is 5.44. The minimum Gasteiger partial charge on any atom is -0.355 e. The van der Waals surface area contributed by atoms with Gasteiger partial charge in [-0.05, 0) is 19.7 Å². The maximum Gasteiger partial charge on any atom is 0.225 e. The first-order valence-corrected chi connectivity index (χ1v) is 6.83. The number of hydrogen-bond acceptors (Lipinski definition) is 3. The summed E-state index contributed by atoms with van der Waals surface area (Å²) in [5, 5.41) is 5.75. The summed E-state index contributed by atoms with van der Waals surface area (Å²) in [5.74, 6) is -0.357. The molecule has 1 heterocycles. The molecule has 2 N–H and O–H groups in total. The highest BCUT2D eigenvalue weighted by molar-refractivity contribution is 5.89. The average molecular weight is 275 g/mol. The van der Waals surface area contributed by atoms with E-state index >= 15 is 0 Å². The summed E-state index contributed by atoms with van der Waals surface area (Å²) in [4.78, 5) is 25.5. The largest absolute Gasteiger partial charge is 0.355 e. The maximum atomic E-state index is 12.2. The van der Waals surface area contributed by atoms with Crippen LogP contribution in [0, 0.1) is 5.92 Å². The number of rotatable bonds is 5. The Bertz CT molecular complexity index is 473. The van der Waals surface area contributed by atoms with Crippen LogP contribution in [0.4, 0.5) is 0 Å². The second-order valence-corrected chi connectivity index (χ2v) is 5.44. The summed E-state index contributed by atoms with van der Waals surface area (Å²) in [7, 11) is 3.95. The summed E-state index contributed by atoms with van der Waals surface area (Å²) in [5.41, 5.74) is 1.08. The molecule has 1 aromatic rings. The van der Waals surface area contributed by atoms with Gasteiger partial charge < -0.3 is 15.5 Å². The maximum absolute atomic E-state index is 12.2. The van der Waals surface area contributed by atoms with Crippen LogP contribution in [0.5, 0.6) is 0 Å². The van der Waals surface area contributed by atoms with Crippen LogP contribution in [-0.2, 0) is 9.59 Å². The molecule has 0 aliphatic carbocycles. The molecule has 1 saturated heterocycles. The molecule has 2 amide bonds. The summed E-state index contributed by atoms with van der Waals surface area (Å²) >= 11 is 0. The van der Waals surface area contributed by atoms with Crippen molar-refractivity contribution < 1.29 is 9.59 Å². The van der Waals surface area contributed by atoms with Crippen LogP contribution in [-0.4, -0.2) is 43.9 Å². The van der Waals surface area contributed by atoms with E-state index < -0.39 is 0 Å². The number of nitrogens with zero attached hydrogens (tertiary/aromatic N) is 1. The van der Waals surface area contributed by atoms with Gasteiger partial charge in [0.15, 0.2) is 0 Å². The van der Waals surface area contributed by atoms with Crippen LogP contribution in [0.1, 0.15) is 18.0 Å². The third-order valence-corrected chi connectivity index (χ3v) is 3.41. The first-order valence-electron chi connectivity index (χ1n) is 6.83. The zero-order valence-electron chi connectivity index (χ0n) is 11.9. The molecule has 2 rings (SSSR count). The molecule has 5 nitrogen and oxygen atoms in total. The zero-order chi connectivity index (χ0) is 14.5. The molecule has 1 aromatic carbocycles. The fourth-order valence-electron chi connectivity index (χ4n) is 2.37. The van der Waals surface area contributed by atoms with Crippen molar-refractivity contribution in [3.8, 4) is 0 Å². The van der Waals surface area contributed by atoms with Gasteiger partial charge in [-0.2, -0.15) is 0 Å². The summed E-state index contributed by atoms with van der Waals surface area (Å²) in [6, 6.07) is 9.83. The number of carbonyl (C=O) groups excluding carboxylic acids is 2. The first kappa shape index (κ1) is 14.5. The van der Waals surface area contributed by atoms with E-state index in [9.17, 15) is 9.59 Å². The van der Waals surface area contributed by atoms with Gasteiger partial charge in [0, 0.05) is 19.5 Å². The molecule has 1 aliphatic rings. The Labute approximate surface area is 119 Å². The predicted octanol–water partition coefficient (Wildman–Crippen LogP) is 0.542. The van der Waals surface area contributed by atoms with Crippen LogP contribution in [0.2, 0.25) is 0 Å². The summed E-state index contributed by atoms with van der Waals surface area (Å²) < 4.78 is 0. The Balaban J connectivity index is 2.04. The minimum atomic E-state index is -0.254. The molecule has 20 heavy (non-hydrogen) atoms. The number of amides is 2. The number of nitrogens with one attached hydrogen (secondary N) is 2. The second kappa shape index (κ2) is 6.52. The Hall–Kier alpha value is -1.88. The van der Waals surface area contributed by atoms with Gasteiger partial charge >= 0.3 is 0 Å². The van der Waals surface area contributed by atoms with Gasteiger partial charge in [-0.15, -0.1) is 0 Å².